The third-order valence-corrected chi connectivity index (χ3v) is 2.85. The Kier molecular flexibility index (Phi) is 4.18. The number of carbonyl (C=O) groups excluding carboxylic acids is 1. The minimum atomic E-state index is -0.725. The Balaban J connectivity index is 2.27. The number of halogens is 1. The van der Waals surface area contributed by atoms with Gasteiger partial charge in [0, 0.05) is 6.07 Å². The third-order valence-electron chi connectivity index (χ3n) is 2.65. The molecule has 0 bridgehead atoms. The van der Waals surface area contributed by atoms with Gasteiger partial charge in [0.1, 0.15) is 16.9 Å². The number of anilines is 1. The maximum absolute atomic E-state index is 12.1. The molecule has 0 atom stereocenters. The molecule has 0 aliphatic carbocycles. The molecule has 110 valence electrons. The summed E-state index contributed by atoms with van der Waals surface area (Å²) >= 11 is 5.66. The summed E-state index contributed by atoms with van der Waals surface area (Å²) < 4.78 is 4.95. The van der Waals surface area contributed by atoms with Crippen molar-refractivity contribution in [1.29, 1.82) is 0 Å². The molecule has 2 aromatic rings. The van der Waals surface area contributed by atoms with E-state index < -0.39 is 16.5 Å². The Morgan fingerprint density at radius 1 is 1.48 bits per heavy atom. The minimum Gasteiger partial charge on any atom is -0.338 e. The lowest BCUT2D eigenvalue weighted by molar-refractivity contribution is -0.385. The smallest absolute Gasteiger partial charge is 0.300 e. The molecule has 9 heteroatoms. The fraction of sp³-hybridized carbons (Fsp3) is 0.250. The van der Waals surface area contributed by atoms with E-state index in [0.29, 0.717) is 5.69 Å². The van der Waals surface area contributed by atoms with Crippen LogP contribution in [0.3, 0.4) is 0 Å². The molecule has 2 heterocycles. The standard InChI is InChI=1S/C12H11ClN4O4/c1-6(2)8-4-11(21-16-8)15-12(18)7-3-10(13)14-5-9(7)17(19)20/h3-6H,1-2H3,(H,15,18). The number of hydrogen-bond donors (Lipinski definition) is 1. The van der Waals surface area contributed by atoms with E-state index in [1.165, 1.54) is 0 Å². The number of rotatable bonds is 4. The van der Waals surface area contributed by atoms with Crippen molar-refractivity contribution in [1.82, 2.24) is 10.1 Å². The third kappa shape index (κ3) is 3.34. The van der Waals surface area contributed by atoms with E-state index in [0.717, 1.165) is 12.3 Å². The van der Waals surface area contributed by atoms with Crippen LogP contribution in [-0.2, 0) is 0 Å². The van der Waals surface area contributed by atoms with Crippen molar-refractivity contribution in [2.75, 3.05) is 5.32 Å². The highest BCUT2D eigenvalue weighted by atomic mass is 35.5. The molecular weight excluding hydrogens is 300 g/mol. The van der Waals surface area contributed by atoms with Crippen molar-refractivity contribution < 1.29 is 14.2 Å². The number of aromatic nitrogens is 2. The van der Waals surface area contributed by atoms with E-state index in [1.807, 2.05) is 13.8 Å². The van der Waals surface area contributed by atoms with Gasteiger partial charge in [0.25, 0.3) is 11.6 Å². The lowest BCUT2D eigenvalue weighted by Gasteiger charge is -2.02. The van der Waals surface area contributed by atoms with Crippen molar-refractivity contribution in [3.63, 3.8) is 0 Å². The van der Waals surface area contributed by atoms with Gasteiger partial charge in [-0.2, -0.15) is 0 Å². The first kappa shape index (κ1) is 14.9. The van der Waals surface area contributed by atoms with Crippen LogP contribution in [0.2, 0.25) is 5.15 Å². The van der Waals surface area contributed by atoms with Gasteiger partial charge in [-0.1, -0.05) is 30.6 Å². The molecule has 21 heavy (non-hydrogen) atoms. The Hall–Kier alpha value is -2.48. The molecule has 0 aliphatic heterocycles. The predicted octanol–water partition coefficient (Wildman–Crippen LogP) is 3.01. The quantitative estimate of drug-likeness (QED) is 0.528. The molecule has 1 amide bonds. The molecule has 0 aliphatic rings. The van der Waals surface area contributed by atoms with Crippen LogP contribution < -0.4 is 5.32 Å². The van der Waals surface area contributed by atoms with Crippen LogP contribution >= 0.6 is 11.6 Å². The lowest BCUT2D eigenvalue weighted by atomic mass is 10.1. The van der Waals surface area contributed by atoms with E-state index in [1.54, 1.807) is 6.07 Å². The van der Waals surface area contributed by atoms with Crippen molar-refractivity contribution in [2.45, 2.75) is 19.8 Å². The van der Waals surface area contributed by atoms with E-state index in [4.69, 9.17) is 16.1 Å². The maximum atomic E-state index is 12.1. The second-order valence-corrected chi connectivity index (χ2v) is 4.89. The lowest BCUT2D eigenvalue weighted by Crippen LogP contribution is -2.14. The highest BCUT2D eigenvalue weighted by Crippen LogP contribution is 2.23. The Labute approximate surface area is 124 Å². The molecule has 0 fully saturated rings. The zero-order valence-corrected chi connectivity index (χ0v) is 11.9. The van der Waals surface area contributed by atoms with Crippen LogP contribution in [-0.4, -0.2) is 21.0 Å². The van der Waals surface area contributed by atoms with Crippen molar-refractivity contribution >= 4 is 29.1 Å². The zero-order chi connectivity index (χ0) is 15.6. The Morgan fingerprint density at radius 3 is 2.76 bits per heavy atom. The summed E-state index contributed by atoms with van der Waals surface area (Å²) in [5.74, 6) is -0.493. The summed E-state index contributed by atoms with van der Waals surface area (Å²) in [6.45, 7) is 3.83. The number of hydrogen-bond acceptors (Lipinski definition) is 6. The van der Waals surface area contributed by atoms with Crippen molar-refractivity contribution in [2.24, 2.45) is 0 Å². The van der Waals surface area contributed by atoms with Gasteiger partial charge in [-0.15, -0.1) is 0 Å². The highest BCUT2D eigenvalue weighted by molar-refractivity contribution is 6.30. The molecule has 0 unspecified atom stereocenters. The monoisotopic (exact) mass is 310 g/mol. The van der Waals surface area contributed by atoms with Crippen LogP contribution in [0.25, 0.3) is 0 Å². The first-order chi connectivity index (χ1) is 9.88. The van der Waals surface area contributed by atoms with Crippen LogP contribution in [0.5, 0.6) is 0 Å². The number of amides is 1. The van der Waals surface area contributed by atoms with Gasteiger partial charge in [0.05, 0.1) is 10.6 Å². The summed E-state index contributed by atoms with van der Waals surface area (Å²) in [6.07, 6.45) is 0.928. The summed E-state index contributed by atoms with van der Waals surface area (Å²) in [6, 6.07) is 2.67. The first-order valence-electron chi connectivity index (χ1n) is 5.96. The van der Waals surface area contributed by atoms with E-state index in [-0.39, 0.29) is 22.5 Å². The second-order valence-electron chi connectivity index (χ2n) is 4.51. The molecular formula is C12H11ClN4O4. The zero-order valence-electron chi connectivity index (χ0n) is 11.2. The molecule has 0 radical (unpaired) electrons. The van der Waals surface area contributed by atoms with Crippen molar-refractivity contribution in [3.8, 4) is 0 Å². The van der Waals surface area contributed by atoms with Gasteiger partial charge in [0.15, 0.2) is 0 Å². The average Bonchev–Trinajstić information content (AvgIpc) is 2.86. The molecule has 2 aromatic heterocycles. The minimum absolute atomic E-state index is 0.0220. The van der Waals surface area contributed by atoms with Crippen LogP contribution in [0.15, 0.2) is 22.9 Å². The number of nitro groups is 1. The Morgan fingerprint density at radius 2 is 2.19 bits per heavy atom. The normalized spacial score (nSPS) is 10.7. The molecule has 0 saturated carbocycles. The summed E-state index contributed by atoms with van der Waals surface area (Å²) in [5.41, 5.74) is 0.00977. The molecule has 2 rings (SSSR count). The highest BCUT2D eigenvalue weighted by Gasteiger charge is 2.22. The van der Waals surface area contributed by atoms with Gasteiger partial charge in [-0.25, -0.2) is 4.98 Å². The predicted molar refractivity (Wildman–Crippen MR) is 74.4 cm³/mol. The molecule has 8 nitrogen and oxygen atoms in total. The average molecular weight is 311 g/mol. The molecule has 0 spiro atoms. The largest absolute Gasteiger partial charge is 0.338 e. The summed E-state index contributed by atoms with van der Waals surface area (Å²) in [5, 5.41) is 17.0. The second kappa shape index (κ2) is 5.88. The molecule has 1 N–H and O–H groups in total. The van der Waals surface area contributed by atoms with Crippen molar-refractivity contribution in [3.05, 3.63) is 44.9 Å². The van der Waals surface area contributed by atoms with Crippen LogP contribution in [0.1, 0.15) is 35.8 Å². The number of nitrogens with one attached hydrogen (secondary N) is 1. The number of carbonyl (C=O) groups is 1. The van der Waals surface area contributed by atoms with E-state index in [9.17, 15) is 14.9 Å². The fourth-order valence-corrected chi connectivity index (χ4v) is 1.71. The Bertz CT molecular complexity index is 698. The van der Waals surface area contributed by atoms with Crippen LogP contribution in [0.4, 0.5) is 11.6 Å². The van der Waals surface area contributed by atoms with E-state index in [2.05, 4.69) is 15.5 Å². The van der Waals surface area contributed by atoms with Gasteiger partial charge < -0.3 is 4.52 Å². The topological polar surface area (TPSA) is 111 Å². The van der Waals surface area contributed by atoms with Crippen LogP contribution in [0, 0.1) is 10.1 Å². The van der Waals surface area contributed by atoms with Gasteiger partial charge in [0.2, 0.25) is 5.88 Å². The van der Waals surface area contributed by atoms with E-state index >= 15 is 0 Å². The maximum Gasteiger partial charge on any atom is 0.300 e. The SMILES string of the molecule is CC(C)c1cc(NC(=O)c2cc(Cl)ncc2[N+](=O)[O-])on1. The number of nitrogens with zero attached hydrogens (tertiary/aromatic N) is 3. The summed E-state index contributed by atoms with van der Waals surface area (Å²) in [7, 11) is 0. The van der Waals surface area contributed by atoms with Gasteiger partial charge in [-0.05, 0) is 12.0 Å². The fourth-order valence-electron chi connectivity index (χ4n) is 1.55. The summed E-state index contributed by atoms with van der Waals surface area (Å²) in [4.78, 5) is 25.8. The van der Waals surface area contributed by atoms with Gasteiger partial charge in [-0.3, -0.25) is 20.2 Å². The van der Waals surface area contributed by atoms with Gasteiger partial charge >= 0.3 is 0 Å². The molecule has 0 saturated heterocycles. The molecule has 0 aromatic carbocycles. The number of pyridine rings is 1. The first-order valence-corrected chi connectivity index (χ1v) is 6.34.